The molecule has 0 aliphatic heterocycles. The molecule has 0 aromatic carbocycles. The Morgan fingerprint density at radius 1 is 1.30 bits per heavy atom. The van der Waals surface area contributed by atoms with E-state index in [9.17, 15) is 17.7 Å². The maximum absolute atomic E-state index is 13.1. The van der Waals surface area contributed by atoms with Crippen LogP contribution < -0.4 is 4.72 Å². The van der Waals surface area contributed by atoms with Crippen LogP contribution in [0, 0.1) is 0 Å². The molecule has 0 radical (unpaired) electrons. The summed E-state index contributed by atoms with van der Waals surface area (Å²) in [5, 5.41) is -0.116. The fourth-order valence-electron chi connectivity index (χ4n) is 1.20. The Bertz CT molecular complexity index is 480. The minimum Gasteiger partial charge on any atom is -0.598 e. The first-order valence-corrected chi connectivity index (χ1v) is 7.39. The van der Waals surface area contributed by atoms with Gasteiger partial charge in [0.05, 0.1) is 15.7 Å². The lowest BCUT2D eigenvalue weighted by molar-refractivity contribution is -0.153. The van der Waals surface area contributed by atoms with E-state index in [1.165, 1.54) is 0 Å². The van der Waals surface area contributed by atoms with Crippen molar-refractivity contribution in [1.82, 2.24) is 9.71 Å². The normalized spacial score (nSPS) is 16.1. The van der Waals surface area contributed by atoms with Gasteiger partial charge in [-0.05, 0) is 26.8 Å². The van der Waals surface area contributed by atoms with Gasteiger partial charge in [-0.2, -0.15) is 13.2 Å². The average molecular weight is 349 g/mol. The smallest absolute Gasteiger partial charge is 0.413 e. The highest BCUT2D eigenvalue weighted by atomic mass is 35.5. The molecule has 9 heteroatoms. The largest absolute Gasteiger partial charge is 0.598 e. The molecule has 1 heterocycles. The summed E-state index contributed by atoms with van der Waals surface area (Å²) >= 11 is 9.42. The van der Waals surface area contributed by atoms with E-state index in [4.69, 9.17) is 23.2 Å². The van der Waals surface area contributed by atoms with E-state index in [2.05, 4.69) is 4.98 Å². The SMILES string of the molecule is CC(C)(C)[S+]([O-])NC(c1ncc(Cl)cc1Cl)C(F)(F)F. The molecule has 0 amide bonds. The van der Waals surface area contributed by atoms with Gasteiger partial charge in [0.25, 0.3) is 0 Å². The van der Waals surface area contributed by atoms with Crippen molar-refractivity contribution in [1.29, 1.82) is 0 Å². The highest BCUT2D eigenvalue weighted by Crippen LogP contribution is 2.37. The van der Waals surface area contributed by atoms with Gasteiger partial charge in [-0.3, -0.25) is 4.98 Å². The lowest BCUT2D eigenvalue weighted by Gasteiger charge is -2.29. The third-order valence-electron chi connectivity index (χ3n) is 2.22. The number of rotatable bonds is 3. The number of hydrogen-bond acceptors (Lipinski definition) is 3. The van der Waals surface area contributed by atoms with Crippen molar-refractivity contribution in [2.45, 2.75) is 37.7 Å². The molecule has 2 atom stereocenters. The molecule has 0 fully saturated rings. The van der Waals surface area contributed by atoms with Crippen LogP contribution in [0.4, 0.5) is 13.2 Å². The van der Waals surface area contributed by atoms with Crippen LogP contribution in [0.3, 0.4) is 0 Å². The maximum Gasteiger partial charge on any atom is 0.413 e. The van der Waals surface area contributed by atoms with E-state index in [0.717, 1.165) is 12.3 Å². The zero-order valence-electron chi connectivity index (χ0n) is 10.9. The number of halogens is 5. The average Bonchev–Trinajstić information content (AvgIpc) is 2.23. The van der Waals surface area contributed by atoms with Crippen molar-refractivity contribution in [2.24, 2.45) is 0 Å². The molecule has 114 valence electrons. The van der Waals surface area contributed by atoms with Gasteiger partial charge in [-0.25, -0.2) is 0 Å². The third-order valence-corrected chi connectivity index (χ3v) is 4.29. The van der Waals surface area contributed by atoms with E-state index in [0.29, 0.717) is 0 Å². The summed E-state index contributed by atoms with van der Waals surface area (Å²) in [7, 11) is 0. The van der Waals surface area contributed by atoms with Crippen LogP contribution in [0.1, 0.15) is 32.5 Å². The van der Waals surface area contributed by atoms with Crippen LogP contribution in [-0.4, -0.2) is 20.5 Å². The fraction of sp³-hybridized carbons (Fsp3) is 0.545. The molecule has 1 aromatic heterocycles. The number of aromatic nitrogens is 1. The van der Waals surface area contributed by atoms with Crippen molar-refractivity contribution in [3.05, 3.63) is 28.0 Å². The first kappa shape index (κ1) is 17.8. The predicted molar refractivity (Wildman–Crippen MR) is 74.1 cm³/mol. The summed E-state index contributed by atoms with van der Waals surface area (Å²) in [6.07, 6.45) is -3.63. The van der Waals surface area contributed by atoms with Crippen molar-refractivity contribution in [3.63, 3.8) is 0 Å². The fourth-order valence-corrected chi connectivity index (χ4v) is 2.50. The molecular weight excluding hydrogens is 336 g/mol. The molecule has 0 aliphatic carbocycles. The molecule has 20 heavy (non-hydrogen) atoms. The number of nitrogens with zero attached hydrogens (tertiary/aromatic N) is 1. The summed E-state index contributed by atoms with van der Waals surface area (Å²) in [5.74, 6) is 0. The third kappa shape index (κ3) is 4.66. The van der Waals surface area contributed by atoms with Crippen LogP contribution >= 0.6 is 23.2 Å². The van der Waals surface area contributed by atoms with E-state index < -0.39 is 34.0 Å². The molecule has 0 aliphatic rings. The van der Waals surface area contributed by atoms with Gasteiger partial charge >= 0.3 is 6.18 Å². The standard InChI is InChI=1S/C11H13Cl2F3N2OS/c1-10(2,3)20(19)18-9(11(14,15)16)8-7(13)4-6(12)5-17-8/h4-5,9,18H,1-3H3. The van der Waals surface area contributed by atoms with Crippen molar-refractivity contribution < 1.29 is 17.7 Å². The van der Waals surface area contributed by atoms with E-state index in [1.807, 2.05) is 4.72 Å². The van der Waals surface area contributed by atoms with Crippen LogP contribution in [0.5, 0.6) is 0 Å². The quantitative estimate of drug-likeness (QED) is 0.838. The van der Waals surface area contributed by atoms with Crippen LogP contribution in [-0.2, 0) is 11.4 Å². The summed E-state index contributed by atoms with van der Waals surface area (Å²) in [5.41, 5.74) is -0.457. The molecule has 3 nitrogen and oxygen atoms in total. The van der Waals surface area contributed by atoms with Crippen LogP contribution in [0.2, 0.25) is 10.0 Å². The molecule has 1 rings (SSSR count). The van der Waals surface area contributed by atoms with Gasteiger partial charge in [0, 0.05) is 17.6 Å². The topological polar surface area (TPSA) is 48.0 Å². The Balaban J connectivity index is 3.14. The molecule has 1 N–H and O–H groups in total. The van der Waals surface area contributed by atoms with E-state index in [-0.39, 0.29) is 10.0 Å². The molecule has 2 unspecified atom stereocenters. The van der Waals surface area contributed by atoms with Gasteiger partial charge in [0.15, 0.2) is 6.04 Å². The van der Waals surface area contributed by atoms with Crippen LogP contribution in [0.15, 0.2) is 12.3 Å². The second-order valence-corrected chi connectivity index (χ2v) is 7.84. The number of alkyl halides is 3. The Morgan fingerprint density at radius 3 is 2.25 bits per heavy atom. The molecule has 1 aromatic rings. The first-order chi connectivity index (χ1) is 8.93. The van der Waals surface area contributed by atoms with Gasteiger partial charge in [-0.1, -0.05) is 23.2 Å². The Kier molecular flexibility index (Phi) is 5.60. The highest BCUT2D eigenvalue weighted by Gasteiger charge is 2.47. The van der Waals surface area contributed by atoms with Crippen molar-refractivity contribution in [3.8, 4) is 0 Å². The molecule has 0 spiro atoms. The zero-order valence-corrected chi connectivity index (χ0v) is 13.2. The summed E-state index contributed by atoms with van der Waals surface area (Å²) in [4.78, 5) is 3.60. The van der Waals surface area contributed by atoms with Gasteiger partial charge < -0.3 is 4.55 Å². The Morgan fingerprint density at radius 2 is 1.85 bits per heavy atom. The molecule has 0 saturated carbocycles. The van der Waals surface area contributed by atoms with Crippen LogP contribution in [0.25, 0.3) is 0 Å². The minimum absolute atomic E-state index is 0.122. The first-order valence-electron chi connectivity index (χ1n) is 5.48. The Hall–Kier alpha value is -0.210. The summed E-state index contributed by atoms with van der Waals surface area (Å²) in [6, 6.07) is -1.07. The zero-order chi connectivity index (χ0) is 15.7. The molecule has 0 saturated heterocycles. The Labute approximate surface area is 128 Å². The monoisotopic (exact) mass is 348 g/mol. The predicted octanol–water partition coefficient (Wildman–Crippen LogP) is 4.04. The molecular formula is C11H13Cl2F3N2OS. The van der Waals surface area contributed by atoms with Crippen molar-refractivity contribution in [2.75, 3.05) is 0 Å². The van der Waals surface area contributed by atoms with Crippen molar-refractivity contribution >= 4 is 34.6 Å². The summed E-state index contributed by atoms with van der Waals surface area (Å²) in [6.45, 7) is 4.67. The number of nitrogens with one attached hydrogen (secondary N) is 1. The van der Waals surface area contributed by atoms with Gasteiger partial charge in [-0.15, -0.1) is 4.72 Å². The summed E-state index contributed by atoms with van der Waals surface area (Å²) < 4.78 is 52.4. The lowest BCUT2D eigenvalue weighted by atomic mass is 10.2. The number of hydrogen-bond donors (Lipinski definition) is 1. The highest BCUT2D eigenvalue weighted by molar-refractivity contribution is 7.90. The van der Waals surface area contributed by atoms with Gasteiger partial charge in [0.2, 0.25) is 0 Å². The minimum atomic E-state index is -4.69. The van der Waals surface area contributed by atoms with E-state index >= 15 is 0 Å². The van der Waals surface area contributed by atoms with Gasteiger partial charge in [0.1, 0.15) is 4.75 Å². The molecule has 0 bridgehead atoms. The van der Waals surface area contributed by atoms with E-state index in [1.54, 1.807) is 20.8 Å². The second-order valence-electron chi connectivity index (χ2n) is 4.99. The number of pyridine rings is 1. The maximum atomic E-state index is 13.1. The lowest BCUT2D eigenvalue weighted by Crippen LogP contribution is -2.46. The second kappa shape index (κ2) is 6.27.